The van der Waals surface area contributed by atoms with Crippen molar-refractivity contribution in [3.8, 4) is 0 Å². The lowest BCUT2D eigenvalue weighted by molar-refractivity contribution is 0.507. The third kappa shape index (κ3) is 5.35. The zero-order valence-electron chi connectivity index (χ0n) is 9.24. The molecule has 0 fully saturated rings. The zero-order chi connectivity index (χ0) is 13.1. The van der Waals surface area contributed by atoms with Gasteiger partial charge >= 0.3 is 0 Å². The van der Waals surface area contributed by atoms with Gasteiger partial charge in [0.25, 0.3) is 0 Å². The Labute approximate surface area is 122 Å². The fourth-order valence-corrected chi connectivity index (χ4v) is 5.13. The predicted molar refractivity (Wildman–Crippen MR) is 78.7 cm³/mol. The Bertz CT molecular complexity index is 473. The predicted octanol–water partition coefficient (Wildman–Crippen LogP) is 2.60. The Hall–Kier alpha value is 0.530. The molecule has 0 aliphatic heterocycles. The maximum absolute atomic E-state index is 11.0. The Morgan fingerprint density at radius 1 is 1.53 bits per heavy atom. The van der Waals surface area contributed by atoms with E-state index in [9.17, 15) is 8.42 Å². The summed E-state index contributed by atoms with van der Waals surface area (Å²) in [6.07, 6.45) is 2.52. The summed E-state index contributed by atoms with van der Waals surface area (Å²) in [5.41, 5.74) is 3.77. The quantitative estimate of drug-likeness (QED) is 0.563. The van der Waals surface area contributed by atoms with Crippen LogP contribution in [0.25, 0.3) is 0 Å². The van der Waals surface area contributed by atoms with Crippen LogP contribution in [0.4, 0.5) is 0 Å². The Morgan fingerprint density at radius 2 is 2.18 bits per heavy atom. The van der Waals surface area contributed by atoms with Crippen LogP contribution in [0.5, 0.6) is 0 Å². The summed E-state index contributed by atoms with van der Waals surface area (Å²) in [6, 6.07) is 1.95. The molecular weight excluding hydrogens is 392 g/mol. The lowest BCUT2D eigenvalue weighted by Crippen LogP contribution is -2.28. The molecule has 1 rings (SSSR count). The van der Waals surface area contributed by atoms with E-state index in [4.69, 9.17) is 5.84 Å². The van der Waals surface area contributed by atoms with Crippen molar-refractivity contribution in [3.05, 3.63) is 19.2 Å². The number of rotatable bonds is 6. The first-order valence-corrected chi connectivity index (χ1v) is 9.38. The van der Waals surface area contributed by atoms with E-state index in [1.54, 1.807) is 11.3 Å². The first-order valence-electron chi connectivity index (χ1n) is 4.92. The lowest BCUT2D eigenvalue weighted by atomic mass is 10.1. The van der Waals surface area contributed by atoms with Crippen LogP contribution in [0.2, 0.25) is 0 Å². The topological polar surface area (TPSA) is 72.2 Å². The van der Waals surface area contributed by atoms with Gasteiger partial charge in [-0.15, -0.1) is 11.3 Å². The van der Waals surface area contributed by atoms with Gasteiger partial charge in [0, 0.05) is 18.1 Å². The summed E-state index contributed by atoms with van der Waals surface area (Å²) in [4.78, 5) is 0. The van der Waals surface area contributed by atoms with Crippen LogP contribution >= 0.6 is 43.2 Å². The molecule has 1 unspecified atom stereocenters. The molecule has 8 heteroatoms. The SMILES string of the molecule is CS(=O)(=O)CCCC(NN)c1cc(Br)sc1Br. The van der Waals surface area contributed by atoms with Crippen LogP contribution < -0.4 is 11.3 Å². The highest BCUT2D eigenvalue weighted by Gasteiger charge is 2.16. The molecule has 4 nitrogen and oxygen atoms in total. The number of hydrazine groups is 1. The van der Waals surface area contributed by atoms with Gasteiger partial charge in [-0.2, -0.15) is 0 Å². The number of nitrogens with two attached hydrogens (primary N) is 1. The van der Waals surface area contributed by atoms with E-state index in [2.05, 4.69) is 37.3 Å². The van der Waals surface area contributed by atoms with Gasteiger partial charge in [0.2, 0.25) is 0 Å². The van der Waals surface area contributed by atoms with Crippen molar-refractivity contribution in [1.29, 1.82) is 0 Å². The smallest absolute Gasteiger partial charge is 0.147 e. The van der Waals surface area contributed by atoms with Crippen LogP contribution in [0, 0.1) is 0 Å². The maximum Gasteiger partial charge on any atom is 0.147 e. The Balaban J connectivity index is 2.63. The van der Waals surface area contributed by atoms with Gasteiger partial charge in [-0.25, -0.2) is 8.42 Å². The highest BCUT2D eigenvalue weighted by molar-refractivity contribution is 9.12. The third-order valence-corrected chi connectivity index (χ3v) is 5.68. The molecule has 0 aliphatic carbocycles. The second kappa shape index (κ2) is 6.63. The van der Waals surface area contributed by atoms with Gasteiger partial charge < -0.3 is 0 Å². The minimum Gasteiger partial charge on any atom is -0.271 e. The number of nitrogens with one attached hydrogen (secondary N) is 1. The van der Waals surface area contributed by atoms with E-state index in [-0.39, 0.29) is 11.8 Å². The average molecular weight is 406 g/mol. The molecule has 1 aromatic rings. The van der Waals surface area contributed by atoms with Crippen molar-refractivity contribution < 1.29 is 8.42 Å². The molecule has 1 heterocycles. The van der Waals surface area contributed by atoms with Gasteiger partial charge in [-0.1, -0.05) is 0 Å². The summed E-state index contributed by atoms with van der Waals surface area (Å²) in [5, 5.41) is 0. The molecule has 0 saturated heterocycles. The molecule has 1 aromatic heterocycles. The number of thiophene rings is 1. The van der Waals surface area contributed by atoms with E-state index in [0.717, 1.165) is 13.1 Å². The van der Waals surface area contributed by atoms with Gasteiger partial charge in [-0.05, 0) is 56.3 Å². The Morgan fingerprint density at radius 3 is 2.59 bits per heavy atom. The van der Waals surface area contributed by atoms with Crippen molar-refractivity contribution in [2.24, 2.45) is 5.84 Å². The maximum atomic E-state index is 11.0. The molecular formula is C9H14Br2N2O2S2. The minimum atomic E-state index is -2.90. The van der Waals surface area contributed by atoms with Crippen LogP contribution in [0.1, 0.15) is 24.4 Å². The monoisotopic (exact) mass is 404 g/mol. The van der Waals surface area contributed by atoms with Crippen molar-refractivity contribution in [2.75, 3.05) is 12.0 Å². The molecule has 17 heavy (non-hydrogen) atoms. The Kier molecular flexibility index (Phi) is 6.07. The fourth-order valence-electron chi connectivity index (χ4n) is 1.47. The van der Waals surface area contributed by atoms with Crippen molar-refractivity contribution >= 4 is 53.0 Å². The standard InChI is InChI=1S/C9H14Br2N2O2S2/c1-17(14,15)4-2-3-7(13-12)6-5-8(10)16-9(6)11/h5,7,13H,2-4,12H2,1H3. The normalized spacial score (nSPS) is 13.9. The molecule has 0 spiro atoms. The first kappa shape index (κ1) is 15.6. The average Bonchev–Trinajstić information content (AvgIpc) is 2.51. The first-order chi connectivity index (χ1) is 7.83. The van der Waals surface area contributed by atoms with Crippen LogP contribution in [0.3, 0.4) is 0 Å². The molecule has 0 saturated carbocycles. The summed E-state index contributed by atoms with van der Waals surface area (Å²) < 4.78 is 24.1. The van der Waals surface area contributed by atoms with Crippen molar-refractivity contribution in [3.63, 3.8) is 0 Å². The molecule has 98 valence electrons. The summed E-state index contributed by atoms with van der Waals surface area (Å²) >= 11 is 8.44. The van der Waals surface area contributed by atoms with Gasteiger partial charge in [0.1, 0.15) is 9.84 Å². The molecule has 0 aromatic carbocycles. The second-order valence-electron chi connectivity index (χ2n) is 3.77. The van der Waals surface area contributed by atoms with Crippen LogP contribution in [-0.4, -0.2) is 20.4 Å². The minimum absolute atomic E-state index is 0.0336. The number of sulfone groups is 1. The summed E-state index contributed by atoms with van der Waals surface area (Å²) in [7, 11) is -2.90. The summed E-state index contributed by atoms with van der Waals surface area (Å²) in [6.45, 7) is 0. The largest absolute Gasteiger partial charge is 0.271 e. The number of hydrogen-bond acceptors (Lipinski definition) is 5. The molecule has 0 bridgehead atoms. The van der Waals surface area contributed by atoms with E-state index in [1.807, 2.05) is 6.07 Å². The van der Waals surface area contributed by atoms with Crippen LogP contribution in [0.15, 0.2) is 13.6 Å². The zero-order valence-corrected chi connectivity index (χ0v) is 14.0. The summed E-state index contributed by atoms with van der Waals surface area (Å²) in [5.74, 6) is 5.69. The van der Waals surface area contributed by atoms with E-state index in [0.29, 0.717) is 12.8 Å². The second-order valence-corrected chi connectivity index (χ2v) is 9.78. The molecule has 0 amide bonds. The number of halogens is 2. The van der Waals surface area contributed by atoms with Crippen molar-refractivity contribution in [2.45, 2.75) is 18.9 Å². The molecule has 1 atom stereocenters. The fraction of sp³-hybridized carbons (Fsp3) is 0.556. The highest BCUT2D eigenvalue weighted by atomic mass is 79.9. The molecule has 0 aliphatic rings. The van der Waals surface area contributed by atoms with Gasteiger partial charge in [0.15, 0.2) is 0 Å². The lowest BCUT2D eigenvalue weighted by Gasteiger charge is -2.14. The van der Waals surface area contributed by atoms with E-state index >= 15 is 0 Å². The number of hydrogen-bond donors (Lipinski definition) is 2. The molecule has 3 N–H and O–H groups in total. The van der Waals surface area contributed by atoms with Gasteiger partial charge in [0.05, 0.1) is 7.57 Å². The highest BCUT2D eigenvalue weighted by Crippen LogP contribution is 2.36. The molecule has 0 radical (unpaired) electrons. The van der Waals surface area contributed by atoms with Gasteiger partial charge in [-0.3, -0.25) is 11.3 Å². The third-order valence-electron chi connectivity index (χ3n) is 2.27. The van der Waals surface area contributed by atoms with Crippen LogP contribution in [-0.2, 0) is 9.84 Å². The van der Waals surface area contributed by atoms with E-state index < -0.39 is 9.84 Å². The van der Waals surface area contributed by atoms with E-state index in [1.165, 1.54) is 6.26 Å². The van der Waals surface area contributed by atoms with Crippen molar-refractivity contribution in [1.82, 2.24) is 5.43 Å².